The Kier molecular flexibility index (Phi) is 7.30. The van der Waals surface area contributed by atoms with Crippen LogP contribution in [0.15, 0.2) is 0 Å². The van der Waals surface area contributed by atoms with E-state index in [2.05, 4.69) is 5.32 Å². The number of carbonyl (C=O) groups excluding carboxylic acids is 1. The van der Waals surface area contributed by atoms with Gasteiger partial charge in [-0.2, -0.15) is 4.31 Å². The van der Waals surface area contributed by atoms with Gasteiger partial charge in [0.05, 0.1) is 12.4 Å². The Balaban J connectivity index is 1.78. The molecule has 0 aromatic rings. The molecule has 0 aromatic carbocycles. The first-order valence-corrected chi connectivity index (χ1v) is 10.7. The first-order valence-electron chi connectivity index (χ1n) is 8.81. The van der Waals surface area contributed by atoms with Crippen LogP contribution in [0.1, 0.15) is 57.8 Å². The average Bonchev–Trinajstić information content (AvgIpc) is 2.86. The molecular formula is C16H30N2O4S. The monoisotopic (exact) mass is 346 g/mol. The van der Waals surface area contributed by atoms with Crippen LogP contribution in [0.5, 0.6) is 0 Å². The Morgan fingerprint density at radius 3 is 2.39 bits per heavy atom. The van der Waals surface area contributed by atoms with Gasteiger partial charge in [0.15, 0.2) is 0 Å². The molecule has 1 amide bonds. The van der Waals surface area contributed by atoms with Crippen molar-refractivity contribution < 1.29 is 17.9 Å². The van der Waals surface area contributed by atoms with Gasteiger partial charge in [0.25, 0.3) is 0 Å². The molecule has 1 saturated carbocycles. The van der Waals surface area contributed by atoms with E-state index in [0.29, 0.717) is 13.2 Å². The lowest BCUT2D eigenvalue weighted by Crippen LogP contribution is -2.41. The van der Waals surface area contributed by atoms with Crippen LogP contribution in [0.4, 0.5) is 0 Å². The smallest absolute Gasteiger partial charge is 0.221 e. The van der Waals surface area contributed by atoms with Crippen LogP contribution in [0.3, 0.4) is 0 Å². The Morgan fingerprint density at radius 1 is 1.13 bits per heavy atom. The minimum Gasteiger partial charge on any atom is -0.377 e. The van der Waals surface area contributed by atoms with Crippen LogP contribution in [0.25, 0.3) is 0 Å². The number of hydrogen-bond acceptors (Lipinski definition) is 4. The van der Waals surface area contributed by atoms with E-state index in [0.717, 1.165) is 25.7 Å². The molecule has 0 radical (unpaired) electrons. The number of nitrogens with zero attached hydrogens (tertiary/aromatic N) is 1. The van der Waals surface area contributed by atoms with Crippen molar-refractivity contribution in [3.05, 3.63) is 0 Å². The second-order valence-electron chi connectivity index (χ2n) is 6.76. The van der Waals surface area contributed by atoms with E-state index in [4.69, 9.17) is 4.74 Å². The van der Waals surface area contributed by atoms with Gasteiger partial charge in [-0.3, -0.25) is 4.79 Å². The zero-order chi connectivity index (χ0) is 16.7. The molecule has 1 N–H and O–H groups in total. The fourth-order valence-corrected chi connectivity index (χ4v) is 4.22. The minimum atomic E-state index is -3.31. The minimum absolute atomic E-state index is 0.0327. The molecule has 2 aliphatic rings. The SMILES string of the molecule is CS(=O)(=O)N(CCC(=O)NC1CCCCCC1)CC1CCCO1. The fourth-order valence-electron chi connectivity index (χ4n) is 3.36. The van der Waals surface area contributed by atoms with Crippen molar-refractivity contribution in [2.45, 2.75) is 69.9 Å². The highest BCUT2D eigenvalue weighted by molar-refractivity contribution is 7.88. The van der Waals surface area contributed by atoms with Crippen molar-refractivity contribution in [2.75, 3.05) is 26.0 Å². The van der Waals surface area contributed by atoms with Gasteiger partial charge in [-0.05, 0) is 25.7 Å². The zero-order valence-electron chi connectivity index (χ0n) is 14.1. The average molecular weight is 346 g/mol. The van der Waals surface area contributed by atoms with Crippen LogP contribution in [-0.2, 0) is 19.6 Å². The number of nitrogens with one attached hydrogen (secondary N) is 1. The number of ether oxygens (including phenoxy) is 1. The predicted octanol–water partition coefficient (Wildman–Crippen LogP) is 1.66. The first-order chi connectivity index (χ1) is 10.9. The summed E-state index contributed by atoms with van der Waals surface area (Å²) < 4.78 is 30.7. The van der Waals surface area contributed by atoms with E-state index in [1.165, 1.54) is 36.2 Å². The summed E-state index contributed by atoms with van der Waals surface area (Å²) in [5, 5.41) is 3.07. The molecule has 2 fully saturated rings. The van der Waals surface area contributed by atoms with Crippen molar-refractivity contribution in [1.29, 1.82) is 0 Å². The van der Waals surface area contributed by atoms with Gasteiger partial charge < -0.3 is 10.1 Å². The molecule has 2 rings (SSSR count). The van der Waals surface area contributed by atoms with Gasteiger partial charge in [-0.1, -0.05) is 25.7 Å². The number of carbonyl (C=O) groups is 1. The van der Waals surface area contributed by atoms with Gasteiger partial charge >= 0.3 is 0 Å². The third-order valence-electron chi connectivity index (χ3n) is 4.71. The molecule has 1 unspecified atom stereocenters. The van der Waals surface area contributed by atoms with Crippen molar-refractivity contribution in [2.24, 2.45) is 0 Å². The van der Waals surface area contributed by atoms with Gasteiger partial charge in [0.1, 0.15) is 0 Å². The van der Waals surface area contributed by atoms with Crippen molar-refractivity contribution in [3.63, 3.8) is 0 Å². The third-order valence-corrected chi connectivity index (χ3v) is 5.98. The lowest BCUT2D eigenvalue weighted by Gasteiger charge is -2.23. The fraction of sp³-hybridized carbons (Fsp3) is 0.938. The standard InChI is InChI=1S/C16H30N2O4S/c1-23(20,21)18(13-15-9-6-12-22-15)11-10-16(19)17-14-7-4-2-3-5-8-14/h14-15H,2-13H2,1H3,(H,17,19). The van der Waals surface area contributed by atoms with Crippen LogP contribution in [0, 0.1) is 0 Å². The molecule has 6 nitrogen and oxygen atoms in total. The Labute approximate surface area is 140 Å². The third kappa shape index (κ3) is 6.77. The highest BCUT2D eigenvalue weighted by atomic mass is 32.2. The molecule has 1 heterocycles. The normalized spacial score (nSPS) is 23.8. The van der Waals surface area contributed by atoms with Crippen molar-refractivity contribution in [1.82, 2.24) is 9.62 Å². The summed E-state index contributed by atoms with van der Waals surface area (Å²) in [5.74, 6) is -0.0436. The molecular weight excluding hydrogens is 316 g/mol. The van der Waals surface area contributed by atoms with Gasteiger partial charge in [-0.15, -0.1) is 0 Å². The summed E-state index contributed by atoms with van der Waals surface area (Å²) in [5.41, 5.74) is 0. The van der Waals surface area contributed by atoms with Crippen LogP contribution < -0.4 is 5.32 Å². The lowest BCUT2D eigenvalue weighted by atomic mass is 10.1. The number of sulfonamides is 1. The molecule has 134 valence electrons. The molecule has 1 atom stereocenters. The summed E-state index contributed by atoms with van der Waals surface area (Å²) in [4.78, 5) is 12.1. The zero-order valence-corrected chi connectivity index (χ0v) is 14.9. The van der Waals surface area contributed by atoms with Crippen LogP contribution in [-0.4, -0.2) is 56.7 Å². The van der Waals surface area contributed by atoms with Gasteiger partial charge in [0.2, 0.25) is 15.9 Å². The van der Waals surface area contributed by atoms with Crippen molar-refractivity contribution >= 4 is 15.9 Å². The highest BCUT2D eigenvalue weighted by Gasteiger charge is 2.25. The first kappa shape index (κ1) is 18.7. The van der Waals surface area contributed by atoms with E-state index < -0.39 is 10.0 Å². The van der Waals surface area contributed by atoms with E-state index in [1.807, 2.05) is 0 Å². The van der Waals surface area contributed by atoms with Crippen molar-refractivity contribution in [3.8, 4) is 0 Å². The molecule has 1 aliphatic carbocycles. The van der Waals surface area contributed by atoms with E-state index >= 15 is 0 Å². The highest BCUT2D eigenvalue weighted by Crippen LogP contribution is 2.18. The van der Waals surface area contributed by atoms with Gasteiger partial charge in [-0.25, -0.2) is 8.42 Å². The van der Waals surface area contributed by atoms with E-state index in [1.54, 1.807) is 0 Å². The molecule has 1 saturated heterocycles. The lowest BCUT2D eigenvalue weighted by molar-refractivity contribution is -0.122. The molecule has 7 heteroatoms. The summed E-state index contributed by atoms with van der Waals surface area (Å²) in [7, 11) is -3.31. The van der Waals surface area contributed by atoms with Gasteiger partial charge in [0, 0.05) is 32.2 Å². The van der Waals surface area contributed by atoms with Crippen LogP contribution >= 0.6 is 0 Å². The predicted molar refractivity (Wildman–Crippen MR) is 89.6 cm³/mol. The number of rotatable bonds is 7. The topological polar surface area (TPSA) is 75.7 Å². The number of amides is 1. The quantitative estimate of drug-likeness (QED) is 0.711. The van der Waals surface area contributed by atoms with Crippen LogP contribution in [0.2, 0.25) is 0 Å². The summed E-state index contributed by atoms with van der Waals surface area (Å²) in [6.45, 7) is 1.29. The second-order valence-corrected chi connectivity index (χ2v) is 8.74. The Morgan fingerprint density at radius 2 is 1.83 bits per heavy atom. The summed E-state index contributed by atoms with van der Waals surface area (Å²) in [6, 6.07) is 0.259. The summed E-state index contributed by atoms with van der Waals surface area (Å²) in [6.07, 6.45) is 10.2. The van der Waals surface area contributed by atoms with E-state index in [9.17, 15) is 13.2 Å². The summed E-state index contributed by atoms with van der Waals surface area (Å²) >= 11 is 0. The second kappa shape index (κ2) is 8.99. The Bertz CT molecular complexity index is 466. The maximum absolute atomic E-state index is 12.1. The molecule has 23 heavy (non-hydrogen) atoms. The molecule has 0 spiro atoms. The molecule has 1 aliphatic heterocycles. The van der Waals surface area contributed by atoms with E-state index in [-0.39, 0.29) is 31.0 Å². The maximum Gasteiger partial charge on any atom is 0.221 e. The molecule has 0 aromatic heterocycles. The maximum atomic E-state index is 12.1. The molecule has 0 bridgehead atoms. The number of hydrogen-bond donors (Lipinski definition) is 1. The largest absolute Gasteiger partial charge is 0.377 e. The Hall–Kier alpha value is -0.660.